The van der Waals surface area contributed by atoms with Gasteiger partial charge in [-0.15, -0.1) is 0 Å². The molecule has 0 fully saturated rings. The second kappa shape index (κ2) is 8.78. The van der Waals surface area contributed by atoms with Crippen molar-refractivity contribution in [3.05, 3.63) is 77.4 Å². The van der Waals surface area contributed by atoms with Crippen LogP contribution >= 0.6 is 0 Å². The standard InChI is InChI=1S/C25H26N2O5S/c1-16-5-11-21(18(3)13-16)26-25(28)24-15-27(22-12-6-17(2)14-23(22)32-24)33(29,30)20-9-7-19(31-4)8-10-20/h5-14,24H,15H2,1-4H3,(H,26,28)/t24-/m0/s1. The summed E-state index contributed by atoms with van der Waals surface area (Å²) < 4.78 is 39.4. The van der Waals surface area contributed by atoms with Gasteiger partial charge >= 0.3 is 0 Å². The number of hydrogen-bond acceptors (Lipinski definition) is 5. The Morgan fingerprint density at radius 1 is 1.00 bits per heavy atom. The highest BCUT2D eigenvalue weighted by atomic mass is 32.2. The van der Waals surface area contributed by atoms with Crippen molar-refractivity contribution < 1.29 is 22.7 Å². The highest BCUT2D eigenvalue weighted by Gasteiger charge is 2.37. The molecule has 3 aromatic carbocycles. The molecule has 8 heteroatoms. The Bertz CT molecular complexity index is 1300. The van der Waals surface area contributed by atoms with Crippen molar-refractivity contribution in [1.29, 1.82) is 0 Å². The Hall–Kier alpha value is -3.52. The molecule has 172 valence electrons. The summed E-state index contributed by atoms with van der Waals surface area (Å²) in [5, 5.41) is 2.88. The molecule has 0 saturated heterocycles. The summed E-state index contributed by atoms with van der Waals surface area (Å²) in [6.45, 7) is 5.61. The molecule has 1 aliphatic heterocycles. The number of carbonyl (C=O) groups excluding carboxylic acids is 1. The molecule has 0 bridgehead atoms. The topological polar surface area (TPSA) is 84.9 Å². The number of benzene rings is 3. The number of nitrogens with one attached hydrogen (secondary N) is 1. The first-order valence-electron chi connectivity index (χ1n) is 10.5. The summed E-state index contributed by atoms with van der Waals surface area (Å²) in [7, 11) is -2.43. The van der Waals surface area contributed by atoms with Crippen LogP contribution in [0.3, 0.4) is 0 Å². The van der Waals surface area contributed by atoms with Crippen molar-refractivity contribution in [2.45, 2.75) is 31.8 Å². The van der Waals surface area contributed by atoms with Crippen LogP contribution in [0.15, 0.2) is 65.6 Å². The molecule has 3 aromatic rings. The van der Waals surface area contributed by atoms with Gasteiger partial charge in [0.2, 0.25) is 0 Å². The van der Waals surface area contributed by atoms with E-state index in [2.05, 4.69) is 5.32 Å². The molecule has 33 heavy (non-hydrogen) atoms. The van der Waals surface area contributed by atoms with Gasteiger partial charge in [0, 0.05) is 5.69 Å². The quantitative estimate of drug-likeness (QED) is 0.609. The number of ether oxygens (including phenoxy) is 2. The van der Waals surface area contributed by atoms with Crippen LogP contribution in [-0.4, -0.2) is 34.1 Å². The van der Waals surface area contributed by atoms with Gasteiger partial charge in [0.15, 0.2) is 6.10 Å². The average Bonchev–Trinajstić information content (AvgIpc) is 2.79. The molecule has 0 saturated carbocycles. The maximum Gasteiger partial charge on any atom is 0.267 e. The molecule has 4 rings (SSSR count). The normalized spacial score (nSPS) is 15.4. The Kier molecular flexibility index (Phi) is 6.03. The van der Waals surface area contributed by atoms with Crippen LogP contribution in [0.2, 0.25) is 0 Å². The fourth-order valence-corrected chi connectivity index (χ4v) is 5.24. The van der Waals surface area contributed by atoms with Crippen molar-refractivity contribution in [3.8, 4) is 11.5 Å². The zero-order chi connectivity index (χ0) is 23.8. The second-order valence-electron chi connectivity index (χ2n) is 8.10. The molecular formula is C25H26N2O5S. The second-order valence-corrected chi connectivity index (χ2v) is 9.96. The zero-order valence-corrected chi connectivity index (χ0v) is 19.8. The van der Waals surface area contributed by atoms with E-state index in [9.17, 15) is 13.2 Å². The lowest BCUT2D eigenvalue weighted by Crippen LogP contribution is -2.48. The SMILES string of the molecule is COc1ccc(S(=O)(=O)N2C[C@@H](C(=O)Nc3ccc(C)cc3C)Oc3cc(C)ccc32)cc1. The fourth-order valence-electron chi connectivity index (χ4n) is 3.77. The molecule has 1 atom stereocenters. The molecular weight excluding hydrogens is 440 g/mol. The lowest BCUT2D eigenvalue weighted by atomic mass is 10.1. The summed E-state index contributed by atoms with van der Waals surface area (Å²) >= 11 is 0. The van der Waals surface area contributed by atoms with Crippen LogP contribution in [0.25, 0.3) is 0 Å². The largest absolute Gasteiger partial charge is 0.497 e. The highest BCUT2D eigenvalue weighted by Crippen LogP contribution is 2.38. The van der Waals surface area contributed by atoms with Gasteiger partial charge < -0.3 is 14.8 Å². The van der Waals surface area contributed by atoms with Crippen LogP contribution in [-0.2, 0) is 14.8 Å². The third-order valence-corrected chi connectivity index (χ3v) is 7.36. The van der Waals surface area contributed by atoms with Crippen molar-refractivity contribution in [2.24, 2.45) is 0 Å². The molecule has 0 spiro atoms. The summed E-state index contributed by atoms with van der Waals surface area (Å²) in [6.07, 6.45) is -1.02. The minimum absolute atomic E-state index is 0.102. The first-order valence-corrected chi connectivity index (χ1v) is 12.0. The Morgan fingerprint density at radius 3 is 2.33 bits per heavy atom. The lowest BCUT2D eigenvalue weighted by Gasteiger charge is -2.35. The first-order chi connectivity index (χ1) is 15.7. The number of sulfonamides is 1. The van der Waals surface area contributed by atoms with Crippen LogP contribution in [0.4, 0.5) is 11.4 Å². The number of nitrogens with zero attached hydrogens (tertiary/aromatic N) is 1. The van der Waals surface area contributed by atoms with Gasteiger partial charge in [-0.2, -0.15) is 0 Å². The molecule has 1 N–H and O–H groups in total. The van der Waals surface area contributed by atoms with Crippen LogP contribution in [0, 0.1) is 20.8 Å². The Labute approximate surface area is 194 Å². The lowest BCUT2D eigenvalue weighted by molar-refractivity contribution is -0.122. The molecule has 0 aromatic heterocycles. The van der Waals surface area contributed by atoms with Gasteiger partial charge in [0.05, 0.1) is 24.2 Å². The van der Waals surface area contributed by atoms with E-state index in [1.807, 2.05) is 45.0 Å². The van der Waals surface area contributed by atoms with Gasteiger partial charge in [-0.3, -0.25) is 9.10 Å². The summed E-state index contributed by atoms with van der Waals surface area (Å²) in [5.41, 5.74) is 3.95. The average molecular weight is 467 g/mol. The number of methoxy groups -OCH3 is 1. The minimum atomic E-state index is -3.95. The van der Waals surface area contributed by atoms with Gasteiger partial charge in [0.1, 0.15) is 11.5 Å². The Balaban J connectivity index is 1.69. The number of rotatable bonds is 5. The number of fused-ring (bicyclic) bond motifs is 1. The molecule has 0 aliphatic carbocycles. The highest BCUT2D eigenvalue weighted by molar-refractivity contribution is 7.92. The first kappa shape index (κ1) is 22.7. The monoisotopic (exact) mass is 466 g/mol. The number of hydrogen-bond donors (Lipinski definition) is 1. The third-order valence-electron chi connectivity index (χ3n) is 5.56. The summed E-state index contributed by atoms with van der Waals surface area (Å²) in [4.78, 5) is 13.2. The van der Waals surface area contributed by atoms with Gasteiger partial charge in [-0.1, -0.05) is 23.8 Å². The number of carbonyl (C=O) groups is 1. The fraction of sp³-hybridized carbons (Fsp3) is 0.240. The predicted octanol–water partition coefficient (Wildman–Crippen LogP) is 4.22. The minimum Gasteiger partial charge on any atom is -0.497 e. The van der Waals surface area contributed by atoms with Crippen molar-refractivity contribution in [2.75, 3.05) is 23.3 Å². The summed E-state index contributed by atoms with van der Waals surface area (Å²) in [6, 6.07) is 17.1. The van der Waals surface area contributed by atoms with Gasteiger partial charge in [0.25, 0.3) is 15.9 Å². The van der Waals surface area contributed by atoms with E-state index >= 15 is 0 Å². The number of amides is 1. The third kappa shape index (κ3) is 4.52. The van der Waals surface area contributed by atoms with E-state index in [0.717, 1.165) is 16.7 Å². The maximum absolute atomic E-state index is 13.6. The number of anilines is 2. The van der Waals surface area contributed by atoms with E-state index in [0.29, 0.717) is 22.9 Å². The van der Waals surface area contributed by atoms with E-state index in [1.165, 1.54) is 23.5 Å². The predicted molar refractivity (Wildman–Crippen MR) is 128 cm³/mol. The van der Waals surface area contributed by atoms with Crippen LogP contribution < -0.4 is 19.1 Å². The van der Waals surface area contributed by atoms with E-state index in [4.69, 9.17) is 9.47 Å². The van der Waals surface area contributed by atoms with E-state index in [-0.39, 0.29) is 11.4 Å². The van der Waals surface area contributed by atoms with E-state index < -0.39 is 22.0 Å². The van der Waals surface area contributed by atoms with Gasteiger partial charge in [-0.25, -0.2) is 8.42 Å². The van der Waals surface area contributed by atoms with Gasteiger partial charge in [-0.05, 0) is 74.4 Å². The molecule has 0 unspecified atom stereocenters. The smallest absolute Gasteiger partial charge is 0.267 e. The maximum atomic E-state index is 13.6. The molecule has 0 radical (unpaired) electrons. The van der Waals surface area contributed by atoms with Crippen LogP contribution in [0.5, 0.6) is 11.5 Å². The Morgan fingerprint density at radius 2 is 1.67 bits per heavy atom. The van der Waals surface area contributed by atoms with Crippen LogP contribution in [0.1, 0.15) is 16.7 Å². The number of aryl methyl sites for hydroxylation is 3. The van der Waals surface area contributed by atoms with Crippen molar-refractivity contribution in [1.82, 2.24) is 0 Å². The van der Waals surface area contributed by atoms with E-state index in [1.54, 1.807) is 24.3 Å². The molecule has 7 nitrogen and oxygen atoms in total. The molecule has 1 amide bonds. The molecule has 1 heterocycles. The van der Waals surface area contributed by atoms with Crippen molar-refractivity contribution >= 4 is 27.3 Å². The van der Waals surface area contributed by atoms with Crippen molar-refractivity contribution in [3.63, 3.8) is 0 Å². The zero-order valence-electron chi connectivity index (χ0n) is 19.0. The molecule has 1 aliphatic rings. The summed E-state index contributed by atoms with van der Waals surface area (Å²) in [5.74, 6) is 0.487.